The van der Waals surface area contributed by atoms with Gasteiger partial charge in [-0.1, -0.05) is 0 Å². The third kappa shape index (κ3) is 2.94. The van der Waals surface area contributed by atoms with E-state index in [0.29, 0.717) is 12.0 Å². The predicted molar refractivity (Wildman–Crippen MR) is 81.5 cm³/mol. The van der Waals surface area contributed by atoms with Gasteiger partial charge in [0.1, 0.15) is 0 Å². The van der Waals surface area contributed by atoms with Crippen molar-refractivity contribution >= 4 is 17.8 Å². The quantitative estimate of drug-likeness (QED) is 0.886. The molecule has 2 heterocycles. The van der Waals surface area contributed by atoms with Crippen LogP contribution >= 0.6 is 0 Å². The minimum atomic E-state index is 0.612. The Kier molecular flexibility index (Phi) is 3.89. The van der Waals surface area contributed by atoms with E-state index in [-0.39, 0.29) is 0 Å². The molecule has 1 saturated heterocycles. The minimum absolute atomic E-state index is 0.612. The molecule has 1 N–H and O–H groups in total. The van der Waals surface area contributed by atoms with Crippen LogP contribution in [0.2, 0.25) is 0 Å². The summed E-state index contributed by atoms with van der Waals surface area (Å²) in [5.41, 5.74) is 0. The van der Waals surface area contributed by atoms with E-state index < -0.39 is 0 Å². The standard InChI is InChI=1S/C14H24N6/c1-3-15-12-16-13(19(2)11-7-8-11)18-14(17-12)20-9-5-4-6-10-20/h11H,3-10H2,1-2H3,(H,15,16,17,18). The van der Waals surface area contributed by atoms with Gasteiger partial charge in [-0.2, -0.15) is 15.0 Å². The van der Waals surface area contributed by atoms with Crippen molar-refractivity contribution in [1.29, 1.82) is 0 Å². The Morgan fingerprint density at radius 3 is 2.55 bits per heavy atom. The molecule has 6 heteroatoms. The lowest BCUT2D eigenvalue weighted by Gasteiger charge is -2.28. The molecule has 0 bridgehead atoms. The molecule has 1 aromatic rings. The van der Waals surface area contributed by atoms with Crippen LogP contribution in [0.25, 0.3) is 0 Å². The van der Waals surface area contributed by atoms with Crippen molar-refractivity contribution in [3.8, 4) is 0 Å². The summed E-state index contributed by atoms with van der Waals surface area (Å²) in [4.78, 5) is 18.3. The largest absolute Gasteiger partial charge is 0.354 e. The summed E-state index contributed by atoms with van der Waals surface area (Å²) in [5, 5.41) is 3.23. The van der Waals surface area contributed by atoms with E-state index in [1.54, 1.807) is 0 Å². The number of rotatable bonds is 5. The predicted octanol–water partition coefficient (Wildman–Crippen LogP) is 1.89. The van der Waals surface area contributed by atoms with Crippen molar-refractivity contribution in [2.45, 2.75) is 45.1 Å². The first-order valence-corrected chi connectivity index (χ1v) is 7.75. The molecule has 110 valence electrons. The maximum Gasteiger partial charge on any atom is 0.231 e. The highest BCUT2D eigenvalue weighted by molar-refractivity contribution is 5.46. The molecule has 0 atom stereocenters. The number of aromatic nitrogens is 3. The highest BCUT2D eigenvalue weighted by atomic mass is 15.4. The highest BCUT2D eigenvalue weighted by Gasteiger charge is 2.29. The average Bonchev–Trinajstić information content (AvgIpc) is 3.32. The summed E-state index contributed by atoms with van der Waals surface area (Å²) in [6, 6.07) is 0.612. The summed E-state index contributed by atoms with van der Waals surface area (Å²) in [5.74, 6) is 2.34. The second kappa shape index (κ2) is 5.81. The van der Waals surface area contributed by atoms with Gasteiger partial charge in [0.05, 0.1) is 0 Å². The van der Waals surface area contributed by atoms with Crippen LogP contribution in [0.15, 0.2) is 0 Å². The van der Waals surface area contributed by atoms with E-state index in [1.807, 2.05) is 0 Å². The van der Waals surface area contributed by atoms with Gasteiger partial charge in [0.15, 0.2) is 0 Å². The Labute approximate surface area is 120 Å². The van der Waals surface area contributed by atoms with Gasteiger partial charge in [0.25, 0.3) is 0 Å². The summed E-state index contributed by atoms with van der Waals surface area (Å²) >= 11 is 0. The molecule has 1 aromatic heterocycles. The zero-order valence-electron chi connectivity index (χ0n) is 12.5. The zero-order valence-corrected chi connectivity index (χ0v) is 12.5. The summed E-state index contributed by atoms with van der Waals surface area (Å²) < 4.78 is 0. The number of nitrogens with zero attached hydrogens (tertiary/aromatic N) is 5. The molecule has 2 fully saturated rings. The summed E-state index contributed by atoms with van der Waals surface area (Å²) in [6.45, 7) is 5.01. The van der Waals surface area contributed by atoms with Crippen molar-refractivity contribution in [3.05, 3.63) is 0 Å². The number of piperidine rings is 1. The average molecular weight is 276 g/mol. The van der Waals surface area contributed by atoms with Crippen molar-refractivity contribution in [2.24, 2.45) is 0 Å². The van der Waals surface area contributed by atoms with Crippen LogP contribution in [0, 0.1) is 0 Å². The Hall–Kier alpha value is -1.59. The van der Waals surface area contributed by atoms with Crippen molar-refractivity contribution in [3.63, 3.8) is 0 Å². The van der Waals surface area contributed by atoms with Gasteiger partial charge in [0.2, 0.25) is 17.8 Å². The van der Waals surface area contributed by atoms with Gasteiger partial charge in [-0.25, -0.2) is 0 Å². The van der Waals surface area contributed by atoms with Gasteiger partial charge < -0.3 is 15.1 Å². The number of hydrogen-bond donors (Lipinski definition) is 1. The molecule has 3 rings (SSSR count). The fraction of sp³-hybridized carbons (Fsp3) is 0.786. The van der Waals surface area contributed by atoms with Gasteiger partial charge in [0, 0.05) is 32.7 Å². The van der Waals surface area contributed by atoms with Crippen LogP contribution in [0.1, 0.15) is 39.0 Å². The first kappa shape index (κ1) is 13.4. The normalized spacial score (nSPS) is 19.0. The van der Waals surface area contributed by atoms with Crippen LogP contribution in [0.5, 0.6) is 0 Å². The highest BCUT2D eigenvalue weighted by Crippen LogP contribution is 2.29. The summed E-state index contributed by atoms with van der Waals surface area (Å²) in [7, 11) is 2.09. The van der Waals surface area contributed by atoms with E-state index in [4.69, 9.17) is 4.98 Å². The summed E-state index contributed by atoms with van der Waals surface area (Å²) in [6.07, 6.45) is 6.28. The Morgan fingerprint density at radius 2 is 1.90 bits per heavy atom. The van der Waals surface area contributed by atoms with Crippen molar-refractivity contribution in [1.82, 2.24) is 15.0 Å². The van der Waals surface area contributed by atoms with E-state index in [0.717, 1.165) is 31.5 Å². The molecule has 2 aliphatic rings. The molecule has 20 heavy (non-hydrogen) atoms. The minimum Gasteiger partial charge on any atom is -0.354 e. The Morgan fingerprint density at radius 1 is 1.15 bits per heavy atom. The van der Waals surface area contributed by atoms with Crippen molar-refractivity contribution in [2.75, 3.05) is 41.8 Å². The molecule has 1 aliphatic heterocycles. The fourth-order valence-corrected chi connectivity index (χ4v) is 2.61. The van der Waals surface area contributed by atoms with E-state index in [9.17, 15) is 0 Å². The second-order valence-electron chi connectivity index (χ2n) is 5.68. The topological polar surface area (TPSA) is 57.2 Å². The smallest absolute Gasteiger partial charge is 0.231 e. The van der Waals surface area contributed by atoms with Crippen LogP contribution in [0.4, 0.5) is 17.8 Å². The molecule has 0 amide bonds. The third-order valence-corrected chi connectivity index (χ3v) is 4.00. The number of anilines is 3. The van der Waals surface area contributed by atoms with E-state index in [1.165, 1.54) is 32.1 Å². The van der Waals surface area contributed by atoms with Gasteiger partial charge in [-0.3, -0.25) is 0 Å². The van der Waals surface area contributed by atoms with E-state index >= 15 is 0 Å². The molecule has 0 aromatic carbocycles. The van der Waals surface area contributed by atoms with E-state index in [2.05, 4.69) is 39.1 Å². The fourth-order valence-electron chi connectivity index (χ4n) is 2.61. The second-order valence-corrected chi connectivity index (χ2v) is 5.68. The number of hydrogen-bond acceptors (Lipinski definition) is 6. The third-order valence-electron chi connectivity index (χ3n) is 4.00. The Balaban J connectivity index is 1.86. The first-order chi connectivity index (χ1) is 9.78. The molecule has 0 spiro atoms. The molecular weight excluding hydrogens is 252 g/mol. The maximum absolute atomic E-state index is 4.69. The molecule has 0 unspecified atom stereocenters. The Bertz CT molecular complexity index is 453. The maximum atomic E-state index is 4.69. The molecule has 6 nitrogen and oxygen atoms in total. The number of nitrogens with one attached hydrogen (secondary N) is 1. The molecule has 1 saturated carbocycles. The van der Waals surface area contributed by atoms with Crippen LogP contribution in [0.3, 0.4) is 0 Å². The van der Waals surface area contributed by atoms with Crippen LogP contribution in [-0.2, 0) is 0 Å². The molecule has 1 aliphatic carbocycles. The molecule has 0 radical (unpaired) electrons. The SMILES string of the molecule is CCNc1nc(N2CCCCC2)nc(N(C)C2CC2)n1. The lowest BCUT2D eigenvalue weighted by atomic mass is 10.1. The van der Waals surface area contributed by atoms with Gasteiger partial charge in [-0.05, 0) is 39.0 Å². The van der Waals surface area contributed by atoms with Crippen LogP contribution in [-0.4, -0.2) is 47.7 Å². The first-order valence-electron chi connectivity index (χ1n) is 7.75. The zero-order chi connectivity index (χ0) is 13.9. The van der Waals surface area contributed by atoms with Gasteiger partial charge >= 0.3 is 0 Å². The van der Waals surface area contributed by atoms with Gasteiger partial charge in [-0.15, -0.1) is 0 Å². The monoisotopic (exact) mass is 276 g/mol. The van der Waals surface area contributed by atoms with Crippen molar-refractivity contribution < 1.29 is 0 Å². The molecular formula is C14H24N6. The lowest BCUT2D eigenvalue weighted by Crippen LogP contribution is -2.32. The van der Waals surface area contributed by atoms with Crippen LogP contribution < -0.4 is 15.1 Å². The lowest BCUT2D eigenvalue weighted by molar-refractivity contribution is 0.567.